The zero-order valence-electron chi connectivity index (χ0n) is 8.85. The number of hydrogen-bond donors (Lipinski definition) is 0. The van der Waals surface area contributed by atoms with Gasteiger partial charge in [-0.05, 0) is 30.5 Å². The van der Waals surface area contributed by atoms with Gasteiger partial charge >= 0.3 is 6.18 Å². The minimum Gasteiger partial charge on any atom is -0.298 e. The number of Topliss-reactive ketones (excluding diaryl/α,β-unsaturated/α-hetero) is 1. The van der Waals surface area contributed by atoms with Gasteiger partial charge in [-0.2, -0.15) is 13.2 Å². The maximum atomic E-state index is 12.4. The molecule has 0 aliphatic heterocycles. The Morgan fingerprint density at radius 2 is 1.76 bits per heavy atom. The standard InChI is InChI=1S/C12H10BrF3O/c13-7-10(17)11(5-6-11)8-1-3-9(4-2-8)12(14,15)16/h1-4H,5-7H2. The first-order chi connectivity index (χ1) is 7.90. The van der Waals surface area contributed by atoms with Gasteiger partial charge in [0.1, 0.15) is 0 Å². The lowest BCUT2D eigenvalue weighted by molar-refractivity contribution is -0.137. The number of ketones is 1. The number of alkyl halides is 4. The van der Waals surface area contributed by atoms with Crippen LogP contribution in [-0.2, 0) is 16.4 Å². The zero-order chi connectivity index (χ0) is 12.7. The summed E-state index contributed by atoms with van der Waals surface area (Å²) >= 11 is 3.10. The number of carbonyl (C=O) groups is 1. The lowest BCUT2D eigenvalue weighted by atomic mass is 9.91. The monoisotopic (exact) mass is 306 g/mol. The van der Waals surface area contributed by atoms with Crippen LogP contribution >= 0.6 is 15.9 Å². The van der Waals surface area contributed by atoms with E-state index in [4.69, 9.17) is 0 Å². The van der Waals surface area contributed by atoms with Crippen LogP contribution in [-0.4, -0.2) is 11.1 Å². The summed E-state index contributed by atoms with van der Waals surface area (Å²) < 4.78 is 37.1. The minimum atomic E-state index is -4.32. The van der Waals surface area contributed by atoms with Gasteiger partial charge in [-0.3, -0.25) is 4.79 Å². The molecule has 0 spiro atoms. The molecule has 1 saturated carbocycles. The average Bonchev–Trinajstić information content (AvgIpc) is 3.08. The van der Waals surface area contributed by atoms with Gasteiger partial charge in [0.25, 0.3) is 0 Å². The molecule has 1 nitrogen and oxygen atoms in total. The molecule has 0 N–H and O–H groups in total. The normalized spacial score (nSPS) is 17.9. The largest absolute Gasteiger partial charge is 0.416 e. The third-order valence-electron chi connectivity index (χ3n) is 3.17. The van der Waals surface area contributed by atoms with E-state index >= 15 is 0 Å². The van der Waals surface area contributed by atoms with Crippen LogP contribution in [0.15, 0.2) is 24.3 Å². The van der Waals surface area contributed by atoms with Crippen molar-refractivity contribution in [3.63, 3.8) is 0 Å². The van der Waals surface area contributed by atoms with E-state index in [0.717, 1.165) is 25.0 Å². The Balaban J connectivity index is 2.28. The van der Waals surface area contributed by atoms with E-state index in [2.05, 4.69) is 15.9 Å². The Hall–Kier alpha value is -0.840. The van der Waals surface area contributed by atoms with E-state index in [1.807, 2.05) is 0 Å². The van der Waals surface area contributed by atoms with Gasteiger partial charge in [-0.25, -0.2) is 0 Å². The molecule has 1 aromatic rings. The summed E-state index contributed by atoms with van der Waals surface area (Å²) in [6.45, 7) is 0. The molecule has 5 heteroatoms. The molecule has 0 bridgehead atoms. The predicted octanol–water partition coefficient (Wildman–Crippen LogP) is 3.70. The Labute approximate surface area is 105 Å². The fraction of sp³-hybridized carbons (Fsp3) is 0.417. The molecule has 0 saturated heterocycles. The second kappa shape index (κ2) is 4.12. The molecular formula is C12H10BrF3O. The second-order valence-corrected chi connectivity index (χ2v) is 4.77. The van der Waals surface area contributed by atoms with Crippen molar-refractivity contribution >= 4 is 21.7 Å². The van der Waals surface area contributed by atoms with Crippen molar-refractivity contribution in [3.8, 4) is 0 Å². The van der Waals surface area contributed by atoms with E-state index < -0.39 is 17.2 Å². The van der Waals surface area contributed by atoms with Crippen molar-refractivity contribution in [1.82, 2.24) is 0 Å². The molecule has 2 rings (SSSR count). The van der Waals surface area contributed by atoms with Gasteiger partial charge in [0.2, 0.25) is 0 Å². The SMILES string of the molecule is O=C(CBr)C1(c2ccc(C(F)(F)F)cc2)CC1. The molecule has 0 radical (unpaired) electrons. The summed E-state index contributed by atoms with van der Waals surface area (Å²) in [6.07, 6.45) is -2.87. The molecule has 1 aromatic carbocycles. The third kappa shape index (κ3) is 2.25. The molecule has 0 unspecified atom stereocenters. The van der Waals surface area contributed by atoms with Crippen LogP contribution in [0.25, 0.3) is 0 Å². The van der Waals surface area contributed by atoms with E-state index in [1.54, 1.807) is 0 Å². The topological polar surface area (TPSA) is 17.1 Å². The predicted molar refractivity (Wildman–Crippen MR) is 61.2 cm³/mol. The minimum absolute atomic E-state index is 0.0391. The van der Waals surface area contributed by atoms with Crippen molar-refractivity contribution in [2.24, 2.45) is 0 Å². The molecule has 0 amide bonds. The van der Waals surface area contributed by atoms with E-state index in [9.17, 15) is 18.0 Å². The highest BCUT2D eigenvalue weighted by atomic mass is 79.9. The fourth-order valence-electron chi connectivity index (χ4n) is 1.96. The smallest absolute Gasteiger partial charge is 0.298 e. The molecule has 92 valence electrons. The maximum Gasteiger partial charge on any atom is 0.416 e. The molecule has 1 aliphatic carbocycles. The van der Waals surface area contributed by atoms with Crippen molar-refractivity contribution in [2.75, 3.05) is 5.33 Å². The lowest BCUT2D eigenvalue weighted by Crippen LogP contribution is -2.21. The molecule has 0 atom stereocenters. The fourth-order valence-corrected chi connectivity index (χ4v) is 2.50. The number of carbonyl (C=O) groups excluding carboxylic acids is 1. The highest BCUT2D eigenvalue weighted by Crippen LogP contribution is 2.49. The van der Waals surface area contributed by atoms with Crippen molar-refractivity contribution in [2.45, 2.75) is 24.4 Å². The van der Waals surface area contributed by atoms with Crippen LogP contribution in [0.3, 0.4) is 0 Å². The van der Waals surface area contributed by atoms with Gasteiger partial charge < -0.3 is 0 Å². The molecule has 1 aliphatic rings. The van der Waals surface area contributed by atoms with E-state index in [1.165, 1.54) is 12.1 Å². The molecular weight excluding hydrogens is 297 g/mol. The summed E-state index contributed by atoms with van der Waals surface area (Å²) in [5, 5.41) is 0.244. The van der Waals surface area contributed by atoms with Crippen LogP contribution in [0.4, 0.5) is 13.2 Å². The van der Waals surface area contributed by atoms with Crippen LogP contribution in [0.2, 0.25) is 0 Å². The van der Waals surface area contributed by atoms with Crippen molar-refractivity contribution < 1.29 is 18.0 Å². The maximum absolute atomic E-state index is 12.4. The summed E-state index contributed by atoms with van der Waals surface area (Å²) in [7, 11) is 0. The van der Waals surface area contributed by atoms with Crippen LogP contribution < -0.4 is 0 Å². The zero-order valence-corrected chi connectivity index (χ0v) is 10.4. The first-order valence-electron chi connectivity index (χ1n) is 5.17. The first kappa shape index (κ1) is 12.6. The summed E-state index contributed by atoms with van der Waals surface area (Å²) in [5.74, 6) is 0.0391. The Bertz CT molecular complexity index is 432. The highest BCUT2D eigenvalue weighted by molar-refractivity contribution is 9.09. The Morgan fingerprint density at radius 1 is 1.24 bits per heavy atom. The van der Waals surface area contributed by atoms with E-state index in [0.29, 0.717) is 5.56 Å². The van der Waals surface area contributed by atoms with Crippen molar-refractivity contribution in [3.05, 3.63) is 35.4 Å². The quantitative estimate of drug-likeness (QED) is 0.778. The number of halogens is 4. The van der Waals surface area contributed by atoms with E-state index in [-0.39, 0.29) is 11.1 Å². The van der Waals surface area contributed by atoms with Gasteiger partial charge in [-0.15, -0.1) is 0 Å². The van der Waals surface area contributed by atoms with Crippen LogP contribution in [0.5, 0.6) is 0 Å². The second-order valence-electron chi connectivity index (χ2n) is 4.21. The molecule has 0 aromatic heterocycles. The van der Waals surface area contributed by atoms with Gasteiger partial charge in [0.05, 0.1) is 16.3 Å². The third-order valence-corrected chi connectivity index (χ3v) is 3.68. The average molecular weight is 307 g/mol. The van der Waals surface area contributed by atoms with Crippen LogP contribution in [0.1, 0.15) is 24.0 Å². The van der Waals surface area contributed by atoms with Gasteiger partial charge in [0.15, 0.2) is 5.78 Å². The van der Waals surface area contributed by atoms with Gasteiger partial charge in [0, 0.05) is 0 Å². The number of hydrogen-bond acceptors (Lipinski definition) is 1. The molecule has 17 heavy (non-hydrogen) atoms. The number of benzene rings is 1. The summed E-state index contributed by atoms with van der Waals surface area (Å²) in [6, 6.07) is 4.90. The number of rotatable bonds is 3. The van der Waals surface area contributed by atoms with Crippen LogP contribution in [0, 0.1) is 0 Å². The highest BCUT2D eigenvalue weighted by Gasteiger charge is 2.50. The summed E-state index contributed by atoms with van der Waals surface area (Å²) in [5.41, 5.74) is -0.522. The molecule has 1 fully saturated rings. The lowest BCUT2D eigenvalue weighted by Gasteiger charge is -2.14. The first-order valence-corrected chi connectivity index (χ1v) is 6.29. The Morgan fingerprint density at radius 3 is 2.12 bits per heavy atom. The summed E-state index contributed by atoms with van der Waals surface area (Å²) in [4.78, 5) is 11.7. The Kier molecular flexibility index (Phi) is 3.06. The van der Waals surface area contributed by atoms with Crippen molar-refractivity contribution in [1.29, 1.82) is 0 Å². The molecule has 0 heterocycles. The van der Waals surface area contributed by atoms with Gasteiger partial charge in [-0.1, -0.05) is 28.1 Å².